The summed E-state index contributed by atoms with van der Waals surface area (Å²) < 4.78 is 53.3. The van der Waals surface area contributed by atoms with E-state index >= 15 is 0 Å². The molecule has 0 N–H and O–H groups in total. The van der Waals surface area contributed by atoms with Crippen LogP contribution in [0.2, 0.25) is 0 Å². The first kappa shape index (κ1) is 25.1. The maximum Gasteiger partial charge on any atom is 0.341 e. The summed E-state index contributed by atoms with van der Waals surface area (Å²) in [6.07, 6.45) is -1.36. The number of hydrogen-bond acceptors (Lipinski definition) is 8. The standard InChI is InChI=1S/C26H28O8S/c1-17-9-11-20(12-10-17)35(28,29)32-16-24-23(33-26(2,3)34-24)15-31-22-14-19-8-6-5-7-18(19)13-21(22)25(27)30-4/h5-14,23-24H,15-16H2,1-4H3/t23-,24-/m0/s1. The van der Waals surface area contributed by atoms with Crippen LogP contribution in [0.1, 0.15) is 29.8 Å². The fourth-order valence-electron chi connectivity index (χ4n) is 3.90. The number of rotatable bonds is 8. The molecule has 0 aromatic heterocycles. The number of hydrogen-bond donors (Lipinski definition) is 0. The monoisotopic (exact) mass is 500 g/mol. The molecular weight excluding hydrogens is 472 g/mol. The van der Waals surface area contributed by atoms with Gasteiger partial charge in [-0.15, -0.1) is 0 Å². The van der Waals surface area contributed by atoms with E-state index < -0.39 is 34.1 Å². The Kier molecular flexibility index (Phi) is 7.14. The molecule has 1 aliphatic rings. The Morgan fingerprint density at radius 2 is 1.54 bits per heavy atom. The summed E-state index contributed by atoms with van der Waals surface area (Å²) in [7, 11) is -2.67. The molecule has 0 aliphatic carbocycles. The Bertz CT molecular complexity index is 1310. The van der Waals surface area contributed by atoms with Crippen molar-refractivity contribution in [3.05, 3.63) is 71.8 Å². The van der Waals surface area contributed by atoms with Crippen LogP contribution in [0.5, 0.6) is 5.75 Å². The second kappa shape index (κ2) is 9.94. The number of esters is 1. The lowest BCUT2D eigenvalue weighted by Crippen LogP contribution is -2.33. The molecule has 0 amide bonds. The Morgan fingerprint density at radius 1 is 0.943 bits per heavy atom. The highest BCUT2D eigenvalue weighted by molar-refractivity contribution is 7.86. The highest BCUT2D eigenvalue weighted by Crippen LogP contribution is 2.32. The van der Waals surface area contributed by atoms with Crippen LogP contribution in [0.4, 0.5) is 0 Å². The molecule has 2 atom stereocenters. The number of carbonyl (C=O) groups is 1. The number of fused-ring (bicyclic) bond motifs is 1. The van der Waals surface area contributed by atoms with Crippen molar-refractivity contribution < 1.29 is 36.3 Å². The zero-order chi connectivity index (χ0) is 25.2. The minimum Gasteiger partial charge on any atom is -0.490 e. The van der Waals surface area contributed by atoms with Crippen LogP contribution in [0, 0.1) is 6.92 Å². The summed E-state index contributed by atoms with van der Waals surface area (Å²) in [6.45, 7) is 5.07. The zero-order valence-electron chi connectivity index (χ0n) is 20.0. The maximum atomic E-state index is 12.6. The van der Waals surface area contributed by atoms with Crippen molar-refractivity contribution in [1.82, 2.24) is 0 Å². The van der Waals surface area contributed by atoms with Crippen LogP contribution >= 0.6 is 0 Å². The van der Waals surface area contributed by atoms with Gasteiger partial charge in [0.05, 0.1) is 18.6 Å². The predicted octanol–water partition coefficient (Wildman–Crippen LogP) is 4.24. The van der Waals surface area contributed by atoms with Crippen LogP contribution in [0.25, 0.3) is 10.8 Å². The molecule has 1 aliphatic heterocycles. The van der Waals surface area contributed by atoms with Gasteiger partial charge in [-0.2, -0.15) is 8.42 Å². The summed E-state index contributed by atoms with van der Waals surface area (Å²) >= 11 is 0. The van der Waals surface area contributed by atoms with Crippen LogP contribution in [0.15, 0.2) is 65.6 Å². The maximum absolute atomic E-state index is 12.6. The molecule has 1 heterocycles. The molecule has 8 nitrogen and oxygen atoms in total. The van der Waals surface area contributed by atoms with E-state index in [0.29, 0.717) is 5.75 Å². The number of ether oxygens (including phenoxy) is 4. The van der Waals surface area contributed by atoms with E-state index in [1.54, 1.807) is 38.1 Å². The highest BCUT2D eigenvalue weighted by Gasteiger charge is 2.42. The van der Waals surface area contributed by atoms with Crippen LogP contribution in [-0.4, -0.2) is 52.7 Å². The van der Waals surface area contributed by atoms with E-state index in [-0.39, 0.29) is 23.7 Å². The second-order valence-corrected chi connectivity index (χ2v) is 10.4. The van der Waals surface area contributed by atoms with Gasteiger partial charge in [0.25, 0.3) is 10.1 Å². The molecule has 0 bridgehead atoms. The lowest BCUT2D eigenvalue weighted by molar-refractivity contribution is -0.150. The third-order valence-corrected chi connectivity index (χ3v) is 6.93. The number of benzene rings is 3. The number of methoxy groups -OCH3 is 1. The molecule has 4 rings (SSSR count). The van der Waals surface area contributed by atoms with E-state index in [4.69, 9.17) is 23.1 Å². The Hall–Kier alpha value is -2.98. The smallest absolute Gasteiger partial charge is 0.341 e. The average molecular weight is 501 g/mol. The first-order valence-electron chi connectivity index (χ1n) is 11.1. The van der Waals surface area contributed by atoms with Gasteiger partial charge >= 0.3 is 5.97 Å². The first-order valence-corrected chi connectivity index (χ1v) is 12.5. The normalized spacial score (nSPS) is 19.5. The fraction of sp³-hybridized carbons (Fsp3) is 0.346. The third kappa shape index (κ3) is 5.82. The van der Waals surface area contributed by atoms with E-state index in [1.807, 2.05) is 31.2 Å². The van der Waals surface area contributed by atoms with Crippen molar-refractivity contribution in [3.63, 3.8) is 0 Å². The molecule has 0 saturated carbocycles. The van der Waals surface area contributed by atoms with Gasteiger partial charge in [0.1, 0.15) is 30.1 Å². The van der Waals surface area contributed by atoms with Gasteiger partial charge in [-0.05, 0) is 55.8 Å². The molecule has 186 valence electrons. The van der Waals surface area contributed by atoms with Crippen LogP contribution in [0.3, 0.4) is 0 Å². The summed E-state index contributed by atoms with van der Waals surface area (Å²) in [5.41, 5.74) is 1.22. The quantitative estimate of drug-likeness (QED) is 0.335. The van der Waals surface area contributed by atoms with Crippen molar-refractivity contribution in [1.29, 1.82) is 0 Å². The van der Waals surface area contributed by atoms with E-state index in [1.165, 1.54) is 19.2 Å². The molecule has 0 radical (unpaired) electrons. The van der Waals surface area contributed by atoms with Gasteiger partial charge in [-0.25, -0.2) is 4.79 Å². The highest BCUT2D eigenvalue weighted by atomic mass is 32.2. The van der Waals surface area contributed by atoms with E-state index in [0.717, 1.165) is 16.3 Å². The summed E-state index contributed by atoms with van der Waals surface area (Å²) in [4.78, 5) is 12.4. The lowest BCUT2D eigenvalue weighted by atomic mass is 10.1. The van der Waals surface area contributed by atoms with Crippen molar-refractivity contribution in [3.8, 4) is 5.75 Å². The molecule has 0 unspecified atom stereocenters. The Morgan fingerprint density at radius 3 is 2.17 bits per heavy atom. The van der Waals surface area contributed by atoms with Gasteiger partial charge in [0.15, 0.2) is 5.79 Å². The van der Waals surface area contributed by atoms with Gasteiger partial charge in [-0.3, -0.25) is 4.18 Å². The Labute approximate surface area is 204 Å². The largest absolute Gasteiger partial charge is 0.490 e. The van der Waals surface area contributed by atoms with Crippen molar-refractivity contribution >= 4 is 26.9 Å². The molecular formula is C26H28O8S. The molecule has 35 heavy (non-hydrogen) atoms. The van der Waals surface area contributed by atoms with Gasteiger partial charge < -0.3 is 18.9 Å². The minimum absolute atomic E-state index is 0.00434. The number of aryl methyl sites for hydroxylation is 1. The summed E-state index contributed by atoms with van der Waals surface area (Å²) in [6, 6.07) is 17.4. The van der Waals surface area contributed by atoms with Crippen LogP contribution in [-0.2, 0) is 28.5 Å². The average Bonchev–Trinajstić information content (AvgIpc) is 3.14. The second-order valence-electron chi connectivity index (χ2n) is 8.76. The van der Waals surface area contributed by atoms with Crippen LogP contribution < -0.4 is 4.74 Å². The van der Waals surface area contributed by atoms with Gasteiger partial charge in [0, 0.05) is 0 Å². The molecule has 3 aromatic carbocycles. The predicted molar refractivity (Wildman–Crippen MR) is 129 cm³/mol. The lowest BCUT2D eigenvalue weighted by Gasteiger charge is -2.19. The Balaban J connectivity index is 1.50. The third-order valence-electron chi connectivity index (χ3n) is 5.64. The summed E-state index contributed by atoms with van der Waals surface area (Å²) in [5.74, 6) is -1.17. The van der Waals surface area contributed by atoms with Crippen molar-refractivity contribution in [2.45, 2.75) is 43.7 Å². The van der Waals surface area contributed by atoms with Crippen molar-refractivity contribution in [2.75, 3.05) is 20.3 Å². The molecule has 1 saturated heterocycles. The van der Waals surface area contributed by atoms with Gasteiger partial charge in [-0.1, -0.05) is 42.0 Å². The van der Waals surface area contributed by atoms with E-state index in [9.17, 15) is 13.2 Å². The summed E-state index contributed by atoms with van der Waals surface area (Å²) in [5, 5.41) is 1.76. The van der Waals surface area contributed by atoms with Gasteiger partial charge in [0.2, 0.25) is 0 Å². The van der Waals surface area contributed by atoms with Crippen molar-refractivity contribution in [2.24, 2.45) is 0 Å². The minimum atomic E-state index is -3.98. The molecule has 1 fully saturated rings. The zero-order valence-corrected chi connectivity index (χ0v) is 20.8. The molecule has 3 aromatic rings. The van der Waals surface area contributed by atoms with E-state index in [2.05, 4.69) is 0 Å². The first-order chi connectivity index (χ1) is 16.6. The fourth-order valence-corrected chi connectivity index (χ4v) is 4.82. The SMILES string of the molecule is COC(=O)c1cc2ccccc2cc1OC[C@@H]1OC(C)(C)O[C@H]1COS(=O)(=O)c1ccc(C)cc1. The number of carbonyl (C=O) groups excluding carboxylic acids is 1. The molecule has 9 heteroatoms. The topological polar surface area (TPSA) is 97.4 Å². The molecule has 0 spiro atoms.